The number of amides is 1. The number of hydrogen-bond acceptors (Lipinski definition) is 2. The Balaban J connectivity index is 2.11. The number of aromatic nitrogens is 1. The fraction of sp³-hybridized carbons (Fsp3) is 0.250. The Hall–Kier alpha value is -2.16. The smallest absolute Gasteiger partial charge is 0.231 e. The molecule has 0 saturated carbocycles. The van der Waals surface area contributed by atoms with Crippen LogP contribution in [-0.2, 0) is 17.6 Å². The molecule has 1 aromatic heterocycles. The summed E-state index contributed by atoms with van der Waals surface area (Å²) in [5.41, 5.74) is 5.69. The summed E-state index contributed by atoms with van der Waals surface area (Å²) in [4.78, 5) is 17.7. The number of anilines is 1. The lowest BCUT2D eigenvalue weighted by molar-refractivity contribution is -0.117. The first-order valence-corrected chi connectivity index (χ1v) is 6.53. The molecule has 0 aliphatic carbocycles. The second-order valence-electron chi connectivity index (χ2n) is 4.86. The number of rotatable bonds is 2. The van der Waals surface area contributed by atoms with E-state index in [-0.39, 0.29) is 5.91 Å². The Kier molecular flexibility index (Phi) is 2.82. The number of likely N-dealkylation sites (N-methyl/N-ethyl adjacent to an activating group) is 1. The van der Waals surface area contributed by atoms with Gasteiger partial charge in [0, 0.05) is 30.7 Å². The van der Waals surface area contributed by atoms with Gasteiger partial charge in [-0.05, 0) is 35.2 Å². The summed E-state index contributed by atoms with van der Waals surface area (Å²) in [6.45, 7) is 2.14. The third-order valence-corrected chi connectivity index (χ3v) is 3.77. The Labute approximate surface area is 112 Å². The molecule has 0 spiro atoms. The largest absolute Gasteiger partial charge is 0.315 e. The number of nitrogens with zero attached hydrogens (tertiary/aromatic N) is 2. The molecule has 1 aliphatic rings. The van der Waals surface area contributed by atoms with Crippen molar-refractivity contribution in [2.75, 3.05) is 11.9 Å². The van der Waals surface area contributed by atoms with Gasteiger partial charge in [0.25, 0.3) is 0 Å². The van der Waals surface area contributed by atoms with E-state index in [0.717, 1.165) is 28.8 Å². The van der Waals surface area contributed by atoms with E-state index in [2.05, 4.69) is 36.2 Å². The molecule has 0 atom stereocenters. The first kappa shape index (κ1) is 11.9. The number of carbonyl (C=O) groups excluding carboxylic acids is 1. The number of hydrogen-bond donors (Lipinski definition) is 0. The van der Waals surface area contributed by atoms with Crippen molar-refractivity contribution in [3.8, 4) is 11.1 Å². The molecule has 1 aromatic carbocycles. The summed E-state index contributed by atoms with van der Waals surface area (Å²) in [5.74, 6) is 0.161. The Morgan fingerprint density at radius 2 is 2.16 bits per heavy atom. The molecule has 0 fully saturated rings. The van der Waals surface area contributed by atoms with Crippen LogP contribution in [0.15, 0.2) is 36.7 Å². The van der Waals surface area contributed by atoms with Crippen LogP contribution in [0.25, 0.3) is 11.1 Å². The first-order chi connectivity index (χ1) is 9.20. The van der Waals surface area contributed by atoms with Crippen LogP contribution in [-0.4, -0.2) is 17.9 Å². The summed E-state index contributed by atoms with van der Waals surface area (Å²) in [5, 5.41) is 0. The van der Waals surface area contributed by atoms with E-state index in [1.54, 1.807) is 4.90 Å². The van der Waals surface area contributed by atoms with E-state index >= 15 is 0 Å². The van der Waals surface area contributed by atoms with Crippen molar-refractivity contribution in [1.82, 2.24) is 4.98 Å². The van der Waals surface area contributed by atoms with Crippen molar-refractivity contribution < 1.29 is 4.79 Å². The van der Waals surface area contributed by atoms with Crippen LogP contribution >= 0.6 is 0 Å². The van der Waals surface area contributed by atoms with E-state index in [1.165, 1.54) is 5.56 Å². The minimum absolute atomic E-state index is 0.161. The fourth-order valence-corrected chi connectivity index (χ4v) is 2.60. The lowest BCUT2D eigenvalue weighted by Gasteiger charge is -2.13. The maximum Gasteiger partial charge on any atom is 0.231 e. The summed E-state index contributed by atoms with van der Waals surface area (Å²) in [7, 11) is 1.84. The normalized spacial score (nSPS) is 13.8. The molecule has 0 unspecified atom stereocenters. The van der Waals surface area contributed by atoms with Gasteiger partial charge < -0.3 is 4.90 Å². The van der Waals surface area contributed by atoms with Crippen LogP contribution in [0.1, 0.15) is 18.1 Å². The number of benzene rings is 1. The molecular formula is C16H16N2O. The van der Waals surface area contributed by atoms with Crippen LogP contribution in [0.2, 0.25) is 0 Å². The van der Waals surface area contributed by atoms with Crippen LogP contribution in [0, 0.1) is 0 Å². The van der Waals surface area contributed by atoms with Gasteiger partial charge >= 0.3 is 0 Å². The Morgan fingerprint density at radius 3 is 2.95 bits per heavy atom. The SMILES string of the molecule is CCc1ccncc1-c1ccc2c(c1)N(C)C(=O)C2. The standard InChI is InChI=1S/C16H16N2O/c1-3-11-6-7-17-10-14(11)12-4-5-13-9-16(19)18(2)15(13)8-12/h4-8,10H,3,9H2,1-2H3. The van der Waals surface area contributed by atoms with Gasteiger partial charge in [0.15, 0.2) is 0 Å². The van der Waals surface area contributed by atoms with Gasteiger partial charge in [0.1, 0.15) is 0 Å². The molecule has 0 radical (unpaired) electrons. The van der Waals surface area contributed by atoms with Crippen LogP contribution in [0.5, 0.6) is 0 Å². The minimum atomic E-state index is 0.161. The molecule has 0 N–H and O–H groups in total. The molecular weight excluding hydrogens is 236 g/mol. The average Bonchev–Trinajstić information content (AvgIpc) is 2.74. The van der Waals surface area contributed by atoms with Crippen molar-refractivity contribution in [2.24, 2.45) is 0 Å². The van der Waals surface area contributed by atoms with Crippen molar-refractivity contribution in [3.05, 3.63) is 47.8 Å². The molecule has 19 heavy (non-hydrogen) atoms. The molecule has 1 amide bonds. The number of fused-ring (bicyclic) bond motifs is 1. The van der Waals surface area contributed by atoms with Crippen molar-refractivity contribution in [3.63, 3.8) is 0 Å². The minimum Gasteiger partial charge on any atom is -0.315 e. The zero-order chi connectivity index (χ0) is 13.4. The highest BCUT2D eigenvalue weighted by Crippen LogP contribution is 2.33. The molecule has 2 heterocycles. The van der Waals surface area contributed by atoms with Gasteiger partial charge in [-0.15, -0.1) is 0 Å². The van der Waals surface area contributed by atoms with Crippen molar-refractivity contribution >= 4 is 11.6 Å². The zero-order valence-corrected chi connectivity index (χ0v) is 11.2. The highest BCUT2D eigenvalue weighted by molar-refractivity contribution is 6.01. The van der Waals surface area contributed by atoms with Crippen LogP contribution < -0.4 is 4.90 Å². The van der Waals surface area contributed by atoms with E-state index < -0.39 is 0 Å². The molecule has 96 valence electrons. The summed E-state index contributed by atoms with van der Waals surface area (Å²) < 4.78 is 0. The lowest BCUT2D eigenvalue weighted by Crippen LogP contribution is -2.20. The van der Waals surface area contributed by atoms with Crippen molar-refractivity contribution in [2.45, 2.75) is 19.8 Å². The van der Waals surface area contributed by atoms with E-state index in [0.29, 0.717) is 6.42 Å². The fourth-order valence-electron chi connectivity index (χ4n) is 2.60. The monoisotopic (exact) mass is 252 g/mol. The number of carbonyl (C=O) groups is 1. The maximum absolute atomic E-state index is 11.7. The zero-order valence-electron chi connectivity index (χ0n) is 11.2. The van der Waals surface area contributed by atoms with Gasteiger partial charge in [-0.25, -0.2) is 0 Å². The Morgan fingerprint density at radius 1 is 1.32 bits per heavy atom. The Bertz CT molecular complexity index is 649. The molecule has 3 rings (SSSR count). The molecule has 0 saturated heterocycles. The highest BCUT2D eigenvalue weighted by atomic mass is 16.2. The third-order valence-electron chi connectivity index (χ3n) is 3.77. The van der Waals surface area contributed by atoms with Crippen molar-refractivity contribution in [1.29, 1.82) is 0 Å². The molecule has 3 heteroatoms. The van der Waals surface area contributed by atoms with E-state index in [4.69, 9.17) is 0 Å². The maximum atomic E-state index is 11.7. The molecule has 0 bridgehead atoms. The molecule has 2 aromatic rings. The van der Waals surface area contributed by atoms with E-state index in [1.807, 2.05) is 19.4 Å². The summed E-state index contributed by atoms with van der Waals surface area (Å²) >= 11 is 0. The summed E-state index contributed by atoms with van der Waals surface area (Å²) in [6, 6.07) is 8.29. The van der Waals surface area contributed by atoms with Gasteiger partial charge in [0.05, 0.1) is 6.42 Å². The molecule has 1 aliphatic heterocycles. The van der Waals surface area contributed by atoms with Crippen LogP contribution in [0.3, 0.4) is 0 Å². The number of aryl methyl sites for hydroxylation is 1. The predicted octanol–water partition coefficient (Wildman–Crippen LogP) is 2.83. The third kappa shape index (κ3) is 1.91. The van der Waals surface area contributed by atoms with Crippen LogP contribution in [0.4, 0.5) is 5.69 Å². The van der Waals surface area contributed by atoms with Gasteiger partial charge in [-0.2, -0.15) is 0 Å². The van der Waals surface area contributed by atoms with Gasteiger partial charge in [-0.3, -0.25) is 9.78 Å². The first-order valence-electron chi connectivity index (χ1n) is 6.53. The van der Waals surface area contributed by atoms with Gasteiger partial charge in [0.2, 0.25) is 5.91 Å². The number of pyridine rings is 1. The molecule has 3 nitrogen and oxygen atoms in total. The quantitative estimate of drug-likeness (QED) is 0.823. The second kappa shape index (κ2) is 4.50. The highest BCUT2D eigenvalue weighted by Gasteiger charge is 2.24. The van der Waals surface area contributed by atoms with E-state index in [9.17, 15) is 4.79 Å². The van der Waals surface area contributed by atoms with Gasteiger partial charge in [-0.1, -0.05) is 19.1 Å². The topological polar surface area (TPSA) is 33.2 Å². The average molecular weight is 252 g/mol. The lowest BCUT2D eigenvalue weighted by atomic mass is 9.98. The predicted molar refractivity (Wildman–Crippen MR) is 76.2 cm³/mol. The summed E-state index contributed by atoms with van der Waals surface area (Å²) in [6.07, 6.45) is 5.21. The second-order valence-corrected chi connectivity index (χ2v) is 4.86.